The van der Waals surface area contributed by atoms with Crippen molar-refractivity contribution in [2.24, 2.45) is 5.92 Å². The fraction of sp³-hybridized carbons (Fsp3) is 0.263. The minimum absolute atomic E-state index is 0.0153. The van der Waals surface area contributed by atoms with Crippen LogP contribution in [0.2, 0.25) is 0 Å². The van der Waals surface area contributed by atoms with Gasteiger partial charge < -0.3 is 9.84 Å². The van der Waals surface area contributed by atoms with Gasteiger partial charge in [0.25, 0.3) is 0 Å². The normalized spacial score (nSPS) is 13.0. The third kappa shape index (κ3) is 5.08. The van der Waals surface area contributed by atoms with Gasteiger partial charge in [0.15, 0.2) is 4.34 Å². The van der Waals surface area contributed by atoms with Gasteiger partial charge in [-0.1, -0.05) is 25.6 Å². The first-order valence-electron chi connectivity index (χ1n) is 8.67. The Morgan fingerprint density at radius 2 is 1.90 bits per heavy atom. The molecule has 1 atom stereocenters. The van der Waals surface area contributed by atoms with Crippen molar-refractivity contribution in [3.05, 3.63) is 42.5 Å². The molecule has 1 heterocycles. The molecule has 0 aliphatic heterocycles. The molecule has 0 saturated heterocycles. The van der Waals surface area contributed by atoms with E-state index in [1.165, 1.54) is 35.2 Å². The fourth-order valence-corrected chi connectivity index (χ4v) is 6.06. The van der Waals surface area contributed by atoms with Gasteiger partial charge in [-0.05, 0) is 48.4 Å². The number of fused-ring (bicyclic) bond motifs is 1. The van der Waals surface area contributed by atoms with Gasteiger partial charge in [-0.25, -0.2) is 13.4 Å². The third-order valence-corrected chi connectivity index (χ3v) is 7.66. The van der Waals surface area contributed by atoms with Crippen molar-refractivity contribution < 1.29 is 23.1 Å². The first kappa shape index (κ1) is 21.6. The van der Waals surface area contributed by atoms with E-state index in [-0.39, 0.29) is 10.8 Å². The molecule has 154 valence electrons. The molecule has 2 N–H and O–H groups in total. The Hall–Kier alpha value is -2.14. The van der Waals surface area contributed by atoms with Crippen LogP contribution in [0, 0.1) is 5.92 Å². The number of hydrogen-bond acceptors (Lipinski definition) is 7. The lowest BCUT2D eigenvalue weighted by Crippen LogP contribution is -2.44. The molecule has 0 aliphatic rings. The molecule has 29 heavy (non-hydrogen) atoms. The zero-order valence-corrected chi connectivity index (χ0v) is 18.4. The Labute approximate surface area is 177 Å². The van der Waals surface area contributed by atoms with Crippen LogP contribution in [-0.2, 0) is 14.8 Å². The summed E-state index contributed by atoms with van der Waals surface area (Å²) >= 11 is 2.85. The Morgan fingerprint density at radius 1 is 1.21 bits per heavy atom. The first-order chi connectivity index (χ1) is 13.7. The van der Waals surface area contributed by atoms with Crippen LogP contribution in [0.4, 0.5) is 0 Å². The number of carbonyl (C=O) groups is 1. The van der Waals surface area contributed by atoms with Gasteiger partial charge in [-0.2, -0.15) is 4.72 Å². The second kappa shape index (κ2) is 8.70. The highest BCUT2D eigenvalue weighted by molar-refractivity contribution is 8.01. The number of aliphatic carboxylic acids is 1. The summed E-state index contributed by atoms with van der Waals surface area (Å²) in [6.45, 7) is 3.30. The molecule has 3 aromatic rings. The van der Waals surface area contributed by atoms with Gasteiger partial charge in [-0.3, -0.25) is 4.79 Å². The molecule has 10 heteroatoms. The molecule has 0 unspecified atom stereocenters. The van der Waals surface area contributed by atoms with E-state index in [0.717, 1.165) is 15.0 Å². The van der Waals surface area contributed by atoms with Crippen LogP contribution >= 0.6 is 23.1 Å². The number of sulfonamides is 1. The summed E-state index contributed by atoms with van der Waals surface area (Å²) in [5.41, 5.74) is 0.684. The summed E-state index contributed by atoms with van der Waals surface area (Å²) in [4.78, 5) is 16.9. The van der Waals surface area contributed by atoms with E-state index in [4.69, 9.17) is 4.74 Å². The second-order valence-corrected chi connectivity index (χ2v) is 10.6. The predicted molar refractivity (Wildman–Crippen MR) is 113 cm³/mol. The zero-order chi connectivity index (χ0) is 21.2. The van der Waals surface area contributed by atoms with E-state index in [0.29, 0.717) is 10.2 Å². The van der Waals surface area contributed by atoms with Crippen LogP contribution in [-0.4, -0.2) is 37.6 Å². The molecule has 1 aromatic heterocycles. The summed E-state index contributed by atoms with van der Waals surface area (Å²) in [5, 5.41) is 9.26. The maximum atomic E-state index is 12.6. The largest absolute Gasteiger partial charge is 0.497 e. The first-order valence-corrected chi connectivity index (χ1v) is 11.8. The van der Waals surface area contributed by atoms with Gasteiger partial charge in [0.1, 0.15) is 11.8 Å². The lowest BCUT2D eigenvalue weighted by molar-refractivity contribution is -0.140. The maximum Gasteiger partial charge on any atom is 0.322 e. The lowest BCUT2D eigenvalue weighted by Gasteiger charge is -2.17. The monoisotopic (exact) mass is 452 g/mol. The SMILES string of the molecule is COc1ccc(Sc2nc3ccc(S(=O)(=O)N[C@@H](C(=O)O)C(C)C)cc3s2)cc1. The molecule has 0 spiro atoms. The Kier molecular flexibility index (Phi) is 6.47. The Morgan fingerprint density at radius 3 is 2.48 bits per heavy atom. The van der Waals surface area contributed by atoms with E-state index in [1.54, 1.807) is 27.0 Å². The minimum atomic E-state index is -3.97. The number of carboxylic acids is 1. The van der Waals surface area contributed by atoms with Crippen LogP contribution < -0.4 is 9.46 Å². The zero-order valence-electron chi connectivity index (χ0n) is 15.9. The number of rotatable bonds is 8. The third-order valence-electron chi connectivity index (χ3n) is 4.13. The van der Waals surface area contributed by atoms with Crippen molar-refractivity contribution in [3.63, 3.8) is 0 Å². The van der Waals surface area contributed by atoms with Crippen LogP contribution in [0.25, 0.3) is 10.2 Å². The molecule has 0 amide bonds. The van der Waals surface area contributed by atoms with E-state index >= 15 is 0 Å². The molecule has 7 nitrogen and oxygen atoms in total. The number of nitrogens with zero attached hydrogens (tertiary/aromatic N) is 1. The second-order valence-electron chi connectivity index (χ2n) is 6.57. The summed E-state index contributed by atoms with van der Waals surface area (Å²) in [6.07, 6.45) is 0. The van der Waals surface area contributed by atoms with Crippen molar-refractivity contribution in [3.8, 4) is 5.75 Å². The van der Waals surface area contributed by atoms with Crippen molar-refractivity contribution in [1.29, 1.82) is 0 Å². The number of aromatic nitrogens is 1. The van der Waals surface area contributed by atoms with Gasteiger partial charge in [0.05, 0.1) is 22.2 Å². The van der Waals surface area contributed by atoms with Gasteiger partial charge in [-0.15, -0.1) is 11.3 Å². The van der Waals surface area contributed by atoms with E-state index in [2.05, 4.69) is 9.71 Å². The van der Waals surface area contributed by atoms with Crippen molar-refractivity contribution in [2.75, 3.05) is 7.11 Å². The standard InChI is InChI=1S/C19H20N2O5S3/c1-11(2)17(18(22)23)21-29(24,25)14-8-9-15-16(10-14)28-19(20-15)27-13-6-4-12(26-3)5-7-13/h4-11,17,21H,1-3H3,(H,22,23)/t17-/m1/s1. The highest BCUT2D eigenvalue weighted by Gasteiger charge is 2.28. The average molecular weight is 453 g/mol. The Balaban J connectivity index is 1.85. The predicted octanol–water partition coefficient (Wildman–Crippen LogP) is 3.84. The number of hydrogen-bond donors (Lipinski definition) is 2. The minimum Gasteiger partial charge on any atom is -0.497 e. The van der Waals surface area contributed by atoms with Crippen LogP contribution in [0.3, 0.4) is 0 Å². The number of carboxylic acid groups (broad SMARTS) is 1. The highest BCUT2D eigenvalue weighted by Crippen LogP contribution is 2.35. The molecule has 0 fully saturated rings. The molecule has 0 saturated carbocycles. The number of benzene rings is 2. The van der Waals surface area contributed by atoms with Gasteiger partial charge in [0, 0.05) is 4.90 Å². The van der Waals surface area contributed by atoms with Crippen molar-refractivity contribution in [1.82, 2.24) is 9.71 Å². The number of nitrogens with one attached hydrogen (secondary N) is 1. The quantitative estimate of drug-likeness (QED) is 0.535. The number of methoxy groups -OCH3 is 1. The maximum absolute atomic E-state index is 12.6. The molecule has 0 radical (unpaired) electrons. The van der Waals surface area contributed by atoms with Crippen LogP contribution in [0.15, 0.2) is 56.6 Å². The molecular weight excluding hydrogens is 432 g/mol. The summed E-state index contributed by atoms with van der Waals surface area (Å²) in [7, 11) is -2.36. The highest BCUT2D eigenvalue weighted by atomic mass is 32.2. The van der Waals surface area contributed by atoms with E-state index in [1.807, 2.05) is 24.3 Å². The summed E-state index contributed by atoms with van der Waals surface area (Å²) in [5.74, 6) is -0.829. The lowest BCUT2D eigenvalue weighted by atomic mass is 10.1. The van der Waals surface area contributed by atoms with Crippen molar-refractivity contribution in [2.45, 2.75) is 34.0 Å². The topological polar surface area (TPSA) is 106 Å². The van der Waals surface area contributed by atoms with Crippen LogP contribution in [0.1, 0.15) is 13.8 Å². The summed E-state index contributed by atoms with van der Waals surface area (Å²) in [6, 6.07) is 11.0. The smallest absolute Gasteiger partial charge is 0.322 e. The van der Waals surface area contributed by atoms with E-state index < -0.39 is 22.0 Å². The molecule has 2 aromatic carbocycles. The molecule has 3 rings (SSSR count). The Bertz CT molecular complexity index is 1120. The van der Waals surface area contributed by atoms with Crippen molar-refractivity contribution >= 4 is 49.3 Å². The van der Waals surface area contributed by atoms with Gasteiger partial charge >= 0.3 is 5.97 Å². The van der Waals surface area contributed by atoms with Crippen LogP contribution in [0.5, 0.6) is 5.75 Å². The summed E-state index contributed by atoms with van der Waals surface area (Å²) < 4.78 is 34.2. The van der Waals surface area contributed by atoms with Gasteiger partial charge in [0.2, 0.25) is 10.0 Å². The molecule has 0 bridgehead atoms. The average Bonchev–Trinajstić information content (AvgIpc) is 3.07. The molecule has 0 aliphatic carbocycles. The fourth-order valence-electron chi connectivity index (χ4n) is 2.55. The van der Waals surface area contributed by atoms with E-state index in [9.17, 15) is 18.3 Å². The number of ether oxygens (including phenoxy) is 1. The molecular formula is C19H20N2O5S3. The number of thiazole rings is 1.